The van der Waals surface area contributed by atoms with E-state index in [4.69, 9.17) is 15.2 Å². The molecule has 1 spiro atoms. The van der Waals surface area contributed by atoms with Crippen molar-refractivity contribution in [3.05, 3.63) is 12.1 Å². The summed E-state index contributed by atoms with van der Waals surface area (Å²) in [6.07, 6.45) is 4.69. The Balaban J connectivity index is 1.78. The topological polar surface area (TPSA) is 47.7 Å². The van der Waals surface area contributed by atoms with Crippen LogP contribution >= 0.6 is 0 Å². The van der Waals surface area contributed by atoms with Gasteiger partial charge in [-0.15, -0.1) is 0 Å². The van der Waals surface area contributed by atoms with Crippen molar-refractivity contribution in [1.82, 2.24) is 0 Å². The number of benzene rings is 1. The van der Waals surface area contributed by atoms with Crippen LogP contribution in [-0.2, 0) is 4.74 Å². The van der Waals surface area contributed by atoms with E-state index in [9.17, 15) is 0 Å². The van der Waals surface area contributed by atoms with Gasteiger partial charge >= 0.3 is 0 Å². The third kappa shape index (κ3) is 2.24. The van der Waals surface area contributed by atoms with Gasteiger partial charge in [0.15, 0.2) is 0 Å². The molecule has 4 nitrogen and oxygen atoms in total. The summed E-state index contributed by atoms with van der Waals surface area (Å²) in [4.78, 5) is 2.43. The van der Waals surface area contributed by atoms with Gasteiger partial charge in [-0.3, -0.25) is 0 Å². The summed E-state index contributed by atoms with van der Waals surface area (Å²) in [5.74, 6) is 0.805. The fourth-order valence-electron chi connectivity index (χ4n) is 3.62. The van der Waals surface area contributed by atoms with Crippen LogP contribution in [0.3, 0.4) is 0 Å². The van der Waals surface area contributed by atoms with Crippen LogP contribution in [-0.4, -0.2) is 40.3 Å². The highest BCUT2D eigenvalue weighted by molar-refractivity contribution is 6.38. The lowest BCUT2D eigenvalue weighted by Crippen LogP contribution is -2.45. The molecule has 0 aromatic heterocycles. The Morgan fingerprint density at radius 1 is 1.30 bits per heavy atom. The van der Waals surface area contributed by atoms with Gasteiger partial charge in [0.2, 0.25) is 0 Å². The van der Waals surface area contributed by atoms with Crippen molar-refractivity contribution < 1.29 is 9.47 Å². The summed E-state index contributed by atoms with van der Waals surface area (Å²) in [6, 6.07) is 4.05. The molecule has 2 aliphatic rings. The first-order chi connectivity index (χ1) is 9.65. The van der Waals surface area contributed by atoms with Gasteiger partial charge < -0.3 is 20.1 Å². The minimum Gasteiger partial charge on any atom is -0.495 e. The number of anilines is 2. The number of nitrogen functional groups attached to an aromatic ring is 1. The second-order valence-corrected chi connectivity index (χ2v) is 5.95. The zero-order chi connectivity index (χ0) is 14.2. The Morgan fingerprint density at radius 2 is 2.05 bits per heavy atom. The summed E-state index contributed by atoms with van der Waals surface area (Å²) in [7, 11) is 3.76. The summed E-state index contributed by atoms with van der Waals surface area (Å²) >= 11 is 0. The number of methoxy groups -OCH3 is 1. The number of ether oxygens (including phenoxy) is 2. The zero-order valence-electron chi connectivity index (χ0n) is 12.4. The van der Waals surface area contributed by atoms with E-state index in [0.29, 0.717) is 5.69 Å². The number of hydrogen-bond donors (Lipinski definition) is 1. The van der Waals surface area contributed by atoms with Crippen LogP contribution in [0.15, 0.2) is 12.1 Å². The third-order valence-corrected chi connectivity index (χ3v) is 4.81. The number of rotatable bonds is 2. The molecule has 20 heavy (non-hydrogen) atoms. The molecule has 0 saturated carbocycles. The van der Waals surface area contributed by atoms with E-state index >= 15 is 0 Å². The van der Waals surface area contributed by atoms with E-state index in [1.807, 2.05) is 6.07 Å². The molecule has 1 aromatic carbocycles. The minimum atomic E-state index is 0.169. The van der Waals surface area contributed by atoms with Crippen LogP contribution in [0.4, 0.5) is 11.4 Å². The molecule has 0 unspecified atom stereocenters. The molecule has 108 valence electrons. The second-order valence-electron chi connectivity index (χ2n) is 5.95. The van der Waals surface area contributed by atoms with E-state index in [2.05, 4.69) is 18.8 Å². The van der Waals surface area contributed by atoms with E-state index in [0.717, 1.165) is 43.8 Å². The SMILES string of the molecule is Bc1c(N2CCC3(CCCO3)CC2)ccc(N)c1OC. The van der Waals surface area contributed by atoms with Crippen LogP contribution in [0.1, 0.15) is 25.7 Å². The molecule has 0 atom stereocenters. The van der Waals surface area contributed by atoms with Gasteiger partial charge in [-0.05, 0) is 43.3 Å². The molecule has 0 aliphatic carbocycles. The van der Waals surface area contributed by atoms with Crippen LogP contribution < -0.4 is 20.8 Å². The first-order valence-corrected chi connectivity index (χ1v) is 7.47. The van der Waals surface area contributed by atoms with Gasteiger partial charge in [0.25, 0.3) is 0 Å². The van der Waals surface area contributed by atoms with Crippen LogP contribution in [0.25, 0.3) is 0 Å². The van der Waals surface area contributed by atoms with Gasteiger partial charge in [0.05, 0.1) is 18.4 Å². The number of piperidine rings is 1. The highest BCUT2D eigenvalue weighted by atomic mass is 16.5. The third-order valence-electron chi connectivity index (χ3n) is 4.81. The average molecular weight is 274 g/mol. The molecule has 2 heterocycles. The molecular weight excluding hydrogens is 251 g/mol. The van der Waals surface area contributed by atoms with E-state index < -0.39 is 0 Å². The molecule has 2 aliphatic heterocycles. The minimum absolute atomic E-state index is 0.169. The molecule has 1 aromatic rings. The summed E-state index contributed by atoms with van der Waals surface area (Å²) in [5.41, 5.74) is 9.21. The molecule has 2 N–H and O–H groups in total. The Bertz CT molecular complexity index is 491. The number of nitrogens with zero attached hydrogens (tertiary/aromatic N) is 1. The van der Waals surface area contributed by atoms with Crippen molar-refractivity contribution in [3.8, 4) is 5.75 Å². The standard InChI is InChI=1S/C15H23BN2O2/c1-19-14-11(17)3-4-12(13(14)16)18-8-6-15(7-9-18)5-2-10-20-15/h3-4H,2,5-10,16-17H2,1H3. The molecule has 5 heteroatoms. The lowest BCUT2D eigenvalue weighted by molar-refractivity contribution is -0.0145. The molecule has 0 radical (unpaired) electrons. The van der Waals surface area contributed by atoms with E-state index in [1.54, 1.807) is 7.11 Å². The maximum atomic E-state index is 5.99. The summed E-state index contributed by atoms with van der Waals surface area (Å²) in [5, 5.41) is 0. The molecule has 0 bridgehead atoms. The quantitative estimate of drug-likeness (QED) is 0.636. The second kappa shape index (κ2) is 5.21. The summed E-state index contributed by atoms with van der Waals surface area (Å²) < 4.78 is 11.4. The Hall–Kier alpha value is -1.36. The van der Waals surface area contributed by atoms with Crippen molar-refractivity contribution in [1.29, 1.82) is 0 Å². The highest BCUT2D eigenvalue weighted by Gasteiger charge is 2.38. The lowest BCUT2D eigenvalue weighted by Gasteiger charge is -2.40. The number of nitrogens with two attached hydrogens (primary N) is 1. The summed E-state index contributed by atoms with van der Waals surface area (Å²) in [6.45, 7) is 3.04. The molecule has 2 saturated heterocycles. The normalized spacial score (nSPS) is 21.4. The van der Waals surface area contributed by atoms with Crippen molar-refractivity contribution in [2.45, 2.75) is 31.3 Å². The smallest absolute Gasteiger partial charge is 0.147 e. The van der Waals surface area contributed by atoms with Crippen molar-refractivity contribution >= 4 is 24.7 Å². The Labute approximate surface area is 121 Å². The van der Waals surface area contributed by atoms with Crippen LogP contribution in [0.2, 0.25) is 0 Å². The first kappa shape index (κ1) is 13.6. The number of hydrogen-bond acceptors (Lipinski definition) is 4. The largest absolute Gasteiger partial charge is 0.495 e. The van der Waals surface area contributed by atoms with Gasteiger partial charge in [-0.25, -0.2) is 0 Å². The molecule has 2 fully saturated rings. The first-order valence-electron chi connectivity index (χ1n) is 7.47. The molecule has 0 amide bonds. The predicted molar refractivity (Wildman–Crippen MR) is 84.9 cm³/mol. The Kier molecular flexibility index (Phi) is 3.54. The fraction of sp³-hybridized carbons (Fsp3) is 0.600. The average Bonchev–Trinajstić information content (AvgIpc) is 2.89. The lowest BCUT2D eigenvalue weighted by atomic mass is 9.86. The molecular formula is C15H23BN2O2. The van der Waals surface area contributed by atoms with Gasteiger partial charge in [-0.2, -0.15) is 0 Å². The zero-order valence-corrected chi connectivity index (χ0v) is 12.4. The van der Waals surface area contributed by atoms with E-state index in [1.165, 1.54) is 18.5 Å². The van der Waals surface area contributed by atoms with Crippen molar-refractivity contribution in [2.75, 3.05) is 37.4 Å². The van der Waals surface area contributed by atoms with Gasteiger partial charge in [-0.1, -0.05) is 0 Å². The van der Waals surface area contributed by atoms with Gasteiger partial charge in [0.1, 0.15) is 13.6 Å². The maximum Gasteiger partial charge on any atom is 0.147 e. The monoisotopic (exact) mass is 274 g/mol. The van der Waals surface area contributed by atoms with E-state index in [-0.39, 0.29) is 5.60 Å². The van der Waals surface area contributed by atoms with Crippen LogP contribution in [0.5, 0.6) is 5.75 Å². The predicted octanol–water partition coefficient (Wildman–Crippen LogP) is 0.685. The van der Waals surface area contributed by atoms with Crippen molar-refractivity contribution in [3.63, 3.8) is 0 Å². The molecule has 3 rings (SSSR count). The highest BCUT2D eigenvalue weighted by Crippen LogP contribution is 2.37. The Morgan fingerprint density at radius 3 is 2.65 bits per heavy atom. The van der Waals surface area contributed by atoms with Crippen molar-refractivity contribution in [2.24, 2.45) is 0 Å². The fourth-order valence-corrected chi connectivity index (χ4v) is 3.62. The van der Waals surface area contributed by atoms with Crippen LogP contribution in [0, 0.1) is 0 Å². The maximum absolute atomic E-state index is 5.99. The van der Waals surface area contributed by atoms with Gasteiger partial charge in [0, 0.05) is 25.4 Å².